The van der Waals surface area contributed by atoms with Gasteiger partial charge in [0.15, 0.2) is 0 Å². The van der Waals surface area contributed by atoms with Crippen LogP contribution in [0, 0.1) is 12.8 Å². The van der Waals surface area contributed by atoms with Gasteiger partial charge in [0.1, 0.15) is 22.1 Å². The molecule has 5 nitrogen and oxygen atoms in total. The van der Waals surface area contributed by atoms with Crippen LogP contribution in [0.15, 0.2) is 45.6 Å². The lowest BCUT2D eigenvalue weighted by Crippen LogP contribution is -2.13. The van der Waals surface area contributed by atoms with E-state index in [2.05, 4.69) is 0 Å². The summed E-state index contributed by atoms with van der Waals surface area (Å²) in [6, 6.07) is 11.3. The van der Waals surface area contributed by atoms with Gasteiger partial charge >= 0.3 is 5.97 Å². The molecule has 0 saturated heterocycles. The zero-order chi connectivity index (χ0) is 23.8. The number of para-hydroxylation sites is 1. The molecular formula is C28H29NO4S. The molecule has 1 fully saturated rings. The molecule has 34 heavy (non-hydrogen) atoms. The van der Waals surface area contributed by atoms with Crippen molar-refractivity contribution in [3.63, 3.8) is 0 Å². The Morgan fingerprint density at radius 1 is 1.18 bits per heavy atom. The topological polar surface area (TPSA) is 69.4 Å². The number of hydrogen-bond donors (Lipinski definition) is 0. The summed E-state index contributed by atoms with van der Waals surface area (Å²) < 4.78 is 13.1. The highest BCUT2D eigenvalue weighted by atomic mass is 32.1. The maximum Gasteiger partial charge on any atom is 0.311 e. The summed E-state index contributed by atoms with van der Waals surface area (Å²) in [5, 5.41) is 1.14. The Morgan fingerprint density at radius 2 is 1.94 bits per heavy atom. The van der Waals surface area contributed by atoms with E-state index < -0.39 is 0 Å². The lowest BCUT2D eigenvalue weighted by molar-refractivity contribution is -0.134. The maximum atomic E-state index is 13.7. The van der Waals surface area contributed by atoms with Gasteiger partial charge in [0.25, 0.3) is 0 Å². The van der Waals surface area contributed by atoms with Gasteiger partial charge in [-0.3, -0.25) is 9.59 Å². The minimum atomic E-state index is -0.230. The van der Waals surface area contributed by atoms with E-state index in [4.69, 9.17) is 14.1 Å². The van der Waals surface area contributed by atoms with Crippen LogP contribution in [0.25, 0.3) is 31.8 Å². The molecule has 0 spiro atoms. The molecule has 6 heteroatoms. The van der Waals surface area contributed by atoms with E-state index in [1.807, 2.05) is 45.0 Å². The molecule has 2 aromatic heterocycles. The Morgan fingerprint density at radius 3 is 2.68 bits per heavy atom. The van der Waals surface area contributed by atoms with Gasteiger partial charge < -0.3 is 9.15 Å². The highest BCUT2D eigenvalue weighted by molar-refractivity contribution is 7.21. The van der Waals surface area contributed by atoms with Gasteiger partial charge in [-0.1, -0.05) is 51.7 Å². The molecule has 1 saturated carbocycles. The summed E-state index contributed by atoms with van der Waals surface area (Å²) in [6.07, 6.45) is 6.24. The van der Waals surface area contributed by atoms with Gasteiger partial charge in [-0.25, -0.2) is 4.98 Å². The molecule has 0 aliphatic heterocycles. The molecule has 1 aliphatic carbocycles. The molecule has 0 atom stereocenters. The van der Waals surface area contributed by atoms with E-state index in [0.29, 0.717) is 51.0 Å². The van der Waals surface area contributed by atoms with Crippen molar-refractivity contribution in [2.24, 2.45) is 5.92 Å². The molecule has 0 unspecified atom stereocenters. The Bertz CT molecular complexity index is 1390. The molecule has 1 aliphatic rings. The predicted octanol–water partition coefficient (Wildman–Crippen LogP) is 7.38. The standard InChI is InChI=1S/C28H29NO4S/c1-16(2)26-24(28-29-20-10-6-7-11-22(20)34-28)25(31)19-13-14-21(17(3)27(19)33-26)32-23(30)15-12-18-8-4-5-9-18/h6-7,10-11,13-14,16,18H,4-5,8-9,12,15H2,1-3H3. The molecule has 0 N–H and O–H groups in total. The third kappa shape index (κ3) is 4.27. The van der Waals surface area contributed by atoms with E-state index in [1.165, 1.54) is 37.0 Å². The van der Waals surface area contributed by atoms with Crippen molar-refractivity contribution in [3.05, 3.63) is 57.9 Å². The van der Waals surface area contributed by atoms with Crippen molar-refractivity contribution in [1.82, 2.24) is 4.98 Å². The van der Waals surface area contributed by atoms with Crippen molar-refractivity contribution in [2.75, 3.05) is 0 Å². The van der Waals surface area contributed by atoms with Crippen LogP contribution in [0.2, 0.25) is 0 Å². The number of carbonyl (C=O) groups is 1. The third-order valence-corrected chi connectivity index (χ3v) is 7.83. The van der Waals surface area contributed by atoms with Crippen LogP contribution in [-0.4, -0.2) is 11.0 Å². The van der Waals surface area contributed by atoms with Crippen molar-refractivity contribution in [1.29, 1.82) is 0 Å². The summed E-state index contributed by atoms with van der Waals surface area (Å²) in [7, 11) is 0. The predicted molar refractivity (Wildman–Crippen MR) is 137 cm³/mol. The van der Waals surface area contributed by atoms with Crippen LogP contribution in [0.5, 0.6) is 5.75 Å². The zero-order valence-electron chi connectivity index (χ0n) is 19.8. The molecule has 4 aromatic rings. The fraction of sp³-hybridized carbons (Fsp3) is 0.393. The smallest absolute Gasteiger partial charge is 0.311 e. The summed E-state index contributed by atoms with van der Waals surface area (Å²) in [5.74, 6) is 1.44. The van der Waals surface area contributed by atoms with Crippen LogP contribution < -0.4 is 10.2 Å². The number of hydrogen-bond acceptors (Lipinski definition) is 6. The van der Waals surface area contributed by atoms with E-state index in [9.17, 15) is 9.59 Å². The van der Waals surface area contributed by atoms with E-state index in [0.717, 1.165) is 16.6 Å². The number of benzene rings is 2. The van der Waals surface area contributed by atoms with Crippen LogP contribution >= 0.6 is 11.3 Å². The summed E-state index contributed by atoms with van der Waals surface area (Å²) in [6.45, 7) is 5.85. The highest BCUT2D eigenvalue weighted by Gasteiger charge is 2.24. The monoisotopic (exact) mass is 475 g/mol. The molecule has 176 valence electrons. The lowest BCUT2D eigenvalue weighted by atomic mass is 10.0. The first-order chi connectivity index (χ1) is 16.4. The molecule has 2 aromatic carbocycles. The van der Waals surface area contributed by atoms with E-state index in [-0.39, 0.29) is 17.3 Å². The van der Waals surface area contributed by atoms with Crippen LogP contribution in [0.4, 0.5) is 0 Å². The Balaban J connectivity index is 1.52. The van der Waals surface area contributed by atoms with E-state index >= 15 is 0 Å². The summed E-state index contributed by atoms with van der Waals surface area (Å²) in [4.78, 5) is 30.9. The minimum absolute atomic E-state index is 0.0175. The van der Waals surface area contributed by atoms with Crippen molar-refractivity contribution < 1.29 is 13.9 Å². The number of esters is 1. The Labute approximate surface area is 202 Å². The number of rotatable bonds is 6. The van der Waals surface area contributed by atoms with Crippen molar-refractivity contribution in [3.8, 4) is 16.3 Å². The second kappa shape index (κ2) is 9.34. The summed E-state index contributed by atoms with van der Waals surface area (Å²) >= 11 is 1.50. The quantitative estimate of drug-likeness (QED) is 0.215. The van der Waals surface area contributed by atoms with Crippen LogP contribution in [0.1, 0.15) is 69.6 Å². The number of aromatic nitrogens is 1. The molecule has 5 rings (SSSR count). The van der Waals surface area contributed by atoms with Crippen LogP contribution in [-0.2, 0) is 4.79 Å². The van der Waals surface area contributed by atoms with Crippen LogP contribution in [0.3, 0.4) is 0 Å². The average molecular weight is 476 g/mol. The number of nitrogens with zero attached hydrogens (tertiary/aromatic N) is 1. The fourth-order valence-corrected chi connectivity index (χ4v) is 5.90. The normalized spacial score (nSPS) is 14.5. The number of fused-ring (bicyclic) bond motifs is 2. The third-order valence-electron chi connectivity index (χ3n) is 6.77. The lowest BCUT2D eigenvalue weighted by Gasteiger charge is -2.14. The Hall–Kier alpha value is -2.99. The average Bonchev–Trinajstić information content (AvgIpc) is 3.49. The second-order valence-corrected chi connectivity index (χ2v) is 10.6. The SMILES string of the molecule is Cc1c(OC(=O)CCC2CCCC2)ccc2c(=O)c(-c3nc4ccccc4s3)c(C(C)C)oc12. The van der Waals surface area contributed by atoms with Gasteiger partial charge in [-0.2, -0.15) is 0 Å². The first kappa shape index (κ1) is 22.8. The highest BCUT2D eigenvalue weighted by Crippen LogP contribution is 2.37. The molecule has 0 radical (unpaired) electrons. The van der Waals surface area contributed by atoms with E-state index in [1.54, 1.807) is 12.1 Å². The first-order valence-electron chi connectivity index (χ1n) is 12.1. The molecule has 2 heterocycles. The van der Waals surface area contributed by atoms with Gasteiger partial charge in [0.05, 0.1) is 21.2 Å². The number of ether oxygens (including phenoxy) is 1. The first-order valence-corrected chi connectivity index (χ1v) is 12.9. The van der Waals surface area contributed by atoms with Gasteiger partial charge in [-0.05, 0) is 43.5 Å². The van der Waals surface area contributed by atoms with Gasteiger partial charge in [0, 0.05) is 17.9 Å². The largest absolute Gasteiger partial charge is 0.459 e. The second-order valence-electron chi connectivity index (χ2n) is 9.54. The number of carbonyl (C=O) groups excluding carboxylic acids is 1. The molecular weight excluding hydrogens is 446 g/mol. The zero-order valence-corrected chi connectivity index (χ0v) is 20.7. The van der Waals surface area contributed by atoms with Gasteiger partial charge in [0.2, 0.25) is 5.43 Å². The molecule has 0 amide bonds. The maximum absolute atomic E-state index is 13.7. The Kier molecular flexibility index (Phi) is 6.26. The van der Waals surface area contributed by atoms with Crippen molar-refractivity contribution >= 4 is 38.5 Å². The summed E-state index contributed by atoms with van der Waals surface area (Å²) in [5.41, 5.74) is 2.42. The van der Waals surface area contributed by atoms with Gasteiger partial charge in [-0.15, -0.1) is 11.3 Å². The fourth-order valence-electron chi connectivity index (χ4n) is 4.88. The minimum Gasteiger partial charge on any atom is -0.459 e. The molecule has 0 bridgehead atoms. The van der Waals surface area contributed by atoms with Crippen molar-refractivity contribution in [2.45, 2.75) is 65.2 Å². The number of aryl methyl sites for hydroxylation is 1. The number of thiazole rings is 1.